The van der Waals surface area contributed by atoms with Gasteiger partial charge in [0.1, 0.15) is 0 Å². The SMILES string of the molecule is c1ccc(-c2ccc3[nH]c4c(-c5cccc6c5sc5ccc7ccccc7c56)cccc4c3c2)cc1. The first-order valence-electron chi connectivity index (χ1n) is 12.3. The van der Waals surface area contributed by atoms with Crippen LogP contribution in [0.2, 0.25) is 0 Å². The Kier molecular flexibility index (Phi) is 4.16. The van der Waals surface area contributed by atoms with Gasteiger partial charge < -0.3 is 4.98 Å². The fourth-order valence-corrected chi connectivity index (χ4v) is 6.98. The fraction of sp³-hybridized carbons (Fsp3) is 0. The quantitative estimate of drug-likeness (QED) is 0.256. The Morgan fingerprint density at radius 3 is 2.19 bits per heavy atom. The molecule has 168 valence electrons. The Morgan fingerprint density at radius 1 is 0.500 bits per heavy atom. The van der Waals surface area contributed by atoms with Crippen molar-refractivity contribution in [2.45, 2.75) is 0 Å². The second kappa shape index (κ2) is 7.55. The molecule has 0 aliphatic rings. The van der Waals surface area contributed by atoms with E-state index < -0.39 is 0 Å². The number of thiophene rings is 1. The average Bonchev–Trinajstić information content (AvgIpc) is 3.52. The van der Waals surface area contributed by atoms with Gasteiger partial charge in [-0.2, -0.15) is 0 Å². The summed E-state index contributed by atoms with van der Waals surface area (Å²) in [6.07, 6.45) is 0. The van der Waals surface area contributed by atoms with Crippen LogP contribution in [-0.4, -0.2) is 4.98 Å². The van der Waals surface area contributed by atoms with Gasteiger partial charge in [0.15, 0.2) is 0 Å². The van der Waals surface area contributed by atoms with Gasteiger partial charge in [-0.15, -0.1) is 11.3 Å². The Bertz CT molecular complexity index is 2090. The zero-order chi connectivity index (χ0) is 23.6. The summed E-state index contributed by atoms with van der Waals surface area (Å²) in [7, 11) is 0. The van der Waals surface area contributed by atoms with E-state index in [2.05, 4.69) is 126 Å². The van der Waals surface area contributed by atoms with E-state index in [0.29, 0.717) is 0 Å². The number of H-pyrrole nitrogens is 1. The lowest BCUT2D eigenvalue weighted by atomic mass is 9.98. The van der Waals surface area contributed by atoms with Crippen LogP contribution >= 0.6 is 11.3 Å². The van der Waals surface area contributed by atoms with Crippen molar-refractivity contribution in [2.24, 2.45) is 0 Å². The third-order valence-electron chi connectivity index (χ3n) is 7.42. The second-order valence-corrected chi connectivity index (χ2v) is 10.5. The molecule has 0 radical (unpaired) electrons. The highest BCUT2D eigenvalue weighted by Crippen LogP contribution is 2.44. The first kappa shape index (κ1) is 19.9. The highest BCUT2D eigenvalue weighted by atomic mass is 32.1. The van der Waals surface area contributed by atoms with Gasteiger partial charge in [-0.25, -0.2) is 0 Å². The minimum Gasteiger partial charge on any atom is -0.354 e. The minimum atomic E-state index is 1.17. The molecule has 0 aliphatic carbocycles. The van der Waals surface area contributed by atoms with Crippen LogP contribution in [0.25, 0.3) is 75.0 Å². The molecule has 1 N–H and O–H groups in total. The first-order valence-corrected chi connectivity index (χ1v) is 13.1. The molecule has 0 unspecified atom stereocenters. The maximum Gasteiger partial charge on any atom is 0.0545 e. The van der Waals surface area contributed by atoms with E-state index in [1.165, 1.54) is 75.0 Å². The summed E-state index contributed by atoms with van der Waals surface area (Å²) in [4.78, 5) is 3.76. The van der Waals surface area contributed by atoms with Crippen LogP contribution in [0, 0.1) is 0 Å². The molecule has 0 saturated heterocycles. The summed E-state index contributed by atoms with van der Waals surface area (Å²) < 4.78 is 2.69. The summed E-state index contributed by atoms with van der Waals surface area (Å²) >= 11 is 1.90. The first-order chi connectivity index (χ1) is 17.8. The number of nitrogens with one attached hydrogen (secondary N) is 1. The van der Waals surface area contributed by atoms with Gasteiger partial charge in [0, 0.05) is 47.6 Å². The van der Waals surface area contributed by atoms with Crippen molar-refractivity contribution in [3.8, 4) is 22.3 Å². The fourth-order valence-electron chi connectivity index (χ4n) is 5.74. The standard InChI is InChI=1S/C34H21NS/c1-2-8-21(9-3-1)23-16-18-30-29(20-23)26-13-6-12-25(33(26)35-30)27-14-7-15-28-32-24-11-5-4-10-22(24)17-19-31(32)36-34(27)28/h1-20,35H. The van der Waals surface area contributed by atoms with Crippen molar-refractivity contribution in [1.82, 2.24) is 4.98 Å². The van der Waals surface area contributed by atoms with Gasteiger partial charge in [0.05, 0.1) is 5.52 Å². The molecule has 0 bridgehead atoms. The molecule has 6 aromatic carbocycles. The van der Waals surface area contributed by atoms with Crippen LogP contribution in [0.3, 0.4) is 0 Å². The number of aromatic nitrogens is 1. The van der Waals surface area contributed by atoms with E-state index in [4.69, 9.17) is 0 Å². The molecule has 8 aromatic rings. The molecular formula is C34H21NS. The lowest BCUT2D eigenvalue weighted by molar-refractivity contribution is 1.54. The molecule has 0 aliphatic heterocycles. The summed E-state index contributed by atoms with van der Waals surface area (Å²) in [6.45, 7) is 0. The molecule has 1 nitrogen and oxygen atoms in total. The number of benzene rings is 6. The summed E-state index contributed by atoms with van der Waals surface area (Å²) in [5, 5.41) is 7.86. The van der Waals surface area contributed by atoms with E-state index >= 15 is 0 Å². The van der Waals surface area contributed by atoms with E-state index in [1.54, 1.807) is 0 Å². The van der Waals surface area contributed by atoms with Crippen molar-refractivity contribution in [2.75, 3.05) is 0 Å². The number of hydrogen-bond donors (Lipinski definition) is 1. The van der Waals surface area contributed by atoms with Crippen LogP contribution in [0.5, 0.6) is 0 Å². The molecule has 8 rings (SSSR count). The highest BCUT2D eigenvalue weighted by Gasteiger charge is 2.16. The van der Waals surface area contributed by atoms with Gasteiger partial charge in [0.2, 0.25) is 0 Å². The number of para-hydroxylation sites is 1. The summed E-state index contributed by atoms with van der Waals surface area (Å²) in [6, 6.07) is 44.1. The van der Waals surface area contributed by atoms with Gasteiger partial charge in [-0.1, -0.05) is 103 Å². The maximum atomic E-state index is 3.76. The Balaban J connectivity index is 1.40. The van der Waals surface area contributed by atoms with E-state index in [0.717, 1.165) is 0 Å². The minimum absolute atomic E-state index is 1.17. The zero-order valence-corrected chi connectivity index (χ0v) is 20.3. The Morgan fingerprint density at radius 2 is 1.28 bits per heavy atom. The molecule has 0 fully saturated rings. The number of rotatable bonds is 2. The Hall–Kier alpha value is -4.40. The van der Waals surface area contributed by atoms with Gasteiger partial charge in [-0.05, 0) is 40.1 Å². The monoisotopic (exact) mass is 475 g/mol. The molecule has 2 heterocycles. The van der Waals surface area contributed by atoms with Gasteiger partial charge >= 0.3 is 0 Å². The van der Waals surface area contributed by atoms with E-state index in [-0.39, 0.29) is 0 Å². The zero-order valence-electron chi connectivity index (χ0n) is 19.5. The third-order valence-corrected chi connectivity index (χ3v) is 8.62. The third kappa shape index (κ3) is 2.82. The maximum absolute atomic E-state index is 3.76. The van der Waals surface area contributed by atoms with Crippen molar-refractivity contribution in [3.05, 3.63) is 121 Å². The summed E-state index contributed by atoms with van der Waals surface area (Å²) in [5.41, 5.74) is 7.41. The number of hydrogen-bond acceptors (Lipinski definition) is 1. The molecule has 0 saturated carbocycles. The van der Waals surface area contributed by atoms with Crippen molar-refractivity contribution < 1.29 is 0 Å². The van der Waals surface area contributed by atoms with Crippen molar-refractivity contribution >= 4 is 64.1 Å². The van der Waals surface area contributed by atoms with Crippen LogP contribution in [0.15, 0.2) is 121 Å². The summed E-state index contributed by atoms with van der Waals surface area (Å²) in [5.74, 6) is 0. The predicted molar refractivity (Wildman–Crippen MR) is 157 cm³/mol. The topological polar surface area (TPSA) is 15.8 Å². The molecule has 2 aromatic heterocycles. The normalized spacial score (nSPS) is 11.9. The van der Waals surface area contributed by atoms with Crippen molar-refractivity contribution in [3.63, 3.8) is 0 Å². The molecule has 36 heavy (non-hydrogen) atoms. The van der Waals surface area contributed by atoms with Crippen molar-refractivity contribution in [1.29, 1.82) is 0 Å². The van der Waals surface area contributed by atoms with Crippen LogP contribution < -0.4 is 0 Å². The molecule has 2 heteroatoms. The largest absolute Gasteiger partial charge is 0.354 e. The van der Waals surface area contributed by atoms with Crippen LogP contribution in [-0.2, 0) is 0 Å². The second-order valence-electron chi connectivity index (χ2n) is 9.42. The molecular weight excluding hydrogens is 454 g/mol. The van der Waals surface area contributed by atoms with Crippen LogP contribution in [0.4, 0.5) is 0 Å². The van der Waals surface area contributed by atoms with E-state index in [1.807, 2.05) is 11.3 Å². The van der Waals surface area contributed by atoms with E-state index in [9.17, 15) is 0 Å². The average molecular weight is 476 g/mol. The lowest BCUT2D eigenvalue weighted by Crippen LogP contribution is -1.81. The Labute approximate surface area is 212 Å². The van der Waals surface area contributed by atoms with Gasteiger partial charge in [-0.3, -0.25) is 0 Å². The smallest absolute Gasteiger partial charge is 0.0545 e. The highest BCUT2D eigenvalue weighted by molar-refractivity contribution is 7.26. The van der Waals surface area contributed by atoms with Crippen LogP contribution in [0.1, 0.15) is 0 Å². The molecule has 0 atom stereocenters. The van der Waals surface area contributed by atoms with Gasteiger partial charge in [0.25, 0.3) is 0 Å². The lowest BCUT2D eigenvalue weighted by Gasteiger charge is -2.06. The molecule has 0 amide bonds. The number of aromatic amines is 1. The molecule has 0 spiro atoms. The predicted octanol–water partition coefficient (Wildman–Crippen LogP) is 10.2. The number of fused-ring (bicyclic) bond motifs is 8.